The molecule has 0 fully saturated rings. The maximum atomic E-state index is 10.0. The monoisotopic (exact) mass is 210 g/mol. The van der Waals surface area contributed by atoms with Crippen LogP contribution in [0.4, 0.5) is 0 Å². The summed E-state index contributed by atoms with van der Waals surface area (Å²) in [6.45, 7) is 16.0. The molecule has 0 aromatic heterocycles. The number of rotatable bonds is 5. The third-order valence-electron chi connectivity index (χ3n) is 3.50. The van der Waals surface area contributed by atoms with Crippen LogP contribution in [0.5, 0.6) is 0 Å². The first kappa shape index (κ1) is 14.4. The first-order chi connectivity index (χ1) is 6.61. The Kier molecular flexibility index (Phi) is 4.79. The van der Waals surface area contributed by atoms with Gasteiger partial charge in [0.1, 0.15) is 0 Å². The van der Waals surface area contributed by atoms with E-state index in [0.717, 1.165) is 6.42 Å². The molecule has 1 atom stereocenters. The second-order valence-electron chi connectivity index (χ2n) is 5.72. The lowest BCUT2D eigenvalue weighted by Crippen LogP contribution is -2.38. The van der Waals surface area contributed by atoms with E-state index < -0.39 is 5.60 Å². The van der Waals surface area contributed by atoms with Gasteiger partial charge in [-0.3, -0.25) is 0 Å². The normalized spacial score (nSPS) is 16.3. The van der Waals surface area contributed by atoms with Crippen LogP contribution in [0, 0.1) is 11.3 Å². The average molecular weight is 210 g/mol. The minimum absolute atomic E-state index is 0.0997. The molecule has 0 radical (unpaired) electrons. The van der Waals surface area contributed by atoms with Crippen LogP contribution in [0.2, 0.25) is 0 Å². The molecule has 0 aliphatic rings. The quantitative estimate of drug-likeness (QED) is 0.681. The summed E-state index contributed by atoms with van der Waals surface area (Å²) in [5, 5.41) is 10.0. The molecule has 88 valence electrons. The zero-order valence-corrected chi connectivity index (χ0v) is 11.1. The first-order valence-corrected chi connectivity index (χ1v) is 5.63. The van der Waals surface area contributed by atoms with Crippen molar-refractivity contribution in [2.45, 2.75) is 53.6 Å². The zero-order valence-electron chi connectivity index (χ0n) is 11.1. The van der Waals surface area contributed by atoms with Gasteiger partial charge in [-0.2, -0.15) is 0 Å². The highest BCUT2D eigenvalue weighted by Gasteiger charge is 2.35. The lowest BCUT2D eigenvalue weighted by atomic mass is 9.70. The van der Waals surface area contributed by atoms with Gasteiger partial charge in [0.15, 0.2) is 0 Å². The third kappa shape index (κ3) is 4.65. The molecule has 15 heavy (non-hydrogen) atoms. The molecule has 1 unspecified atom stereocenters. The van der Waals surface area contributed by atoms with Crippen LogP contribution >= 0.6 is 0 Å². The number of aliphatic hydroxyl groups is 1. The smallest absolute Gasteiger partial charge is 0.0622 e. The molecule has 0 rings (SSSR count). The molecule has 0 saturated heterocycles. The van der Waals surface area contributed by atoms with Crippen molar-refractivity contribution in [3.05, 3.63) is 24.3 Å². The SMILES string of the molecule is C=C/C(C)=C/CC(C)(C)C(C)C(C)(C)O. The van der Waals surface area contributed by atoms with E-state index in [2.05, 4.69) is 40.3 Å². The lowest BCUT2D eigenvalue weighted by molar-refractivity contribution is -0.0280. The molecule has 1 heteroatoms. The fraction of sp³-hybridized carbons (Fsp3) is 0.714. The molecule has 0 aromatic rings. The van der Waals surface area contributed by atoms with Crippen LogP contribution in [0.1, 0.15) is 48.0 Å². The van der Waals surface area contributed by atoms with E-state index in [1.165, 1.54) is 5.57 Å². The Bertz CT molecular complexity index is 241. The van der Waals surface area contributed by atoms with Gasteiger partial charge in [0, 0.05) is 0 Å². The second-order valence-corrected chi connectivity index (χ2v) is 5.72. The zero-order chi connectivity index (χ0) is 12.3. The highest BCUT2D eigenvalue weighted by molar-refractivity contribution is 5.13. The van der Waals surface area contributed by atoms with E-state index in [1.807, 2.05) is 19.9 Å². The minimum Gasteiger partial charge on any atom is -0.390 e. The number of allylic oxidation sites excluding steroid dienone is 3. The predicted octanol–water partition coefficient (Wildman–Crippen LogP) is 3.94. The van der Waals surface area contributed by atoms with Crippen molar-refractivity contribution in [3.8, 4) is 0 Å². The van der Waals surface area contributed by atoms with Crippen LogP contribution < -0.4 is 0 Å². The van der Waals surface area contributed by atoms with E-state index in [0.29, 0.717) is 0 Å². The summed E-state index contributed by atoms with van der Waals surface area (Å²) in [7, 11) is 0. The van der Waals surface area contributed by atoms with Gasteiger partial charge in [-0.05, 0) is 38.5 Å². The minimum atomic E-state index is -0.626. The molecular weight excluding hydrogens is 184 g/mol. The topological polar surface area (TPSA) is 20.2 Å². The summed E-state index contributed by atoms with van der Waals surface area (Å²) in [5.41, 5.74) is 0.674. The van der Waals surface area contributed by atoms with Crippen molar-refractivity contribution in [2.24, 2.45) is 11.3 Å². The highest BCUT2D eigenvalue weighted by atomic mass is 16.3. The summed E-state index contributed by atoms with van der Waals surface area (Å²) < 4.78 is 0. The second kappa shape index (κ2) is 4.98. The standard InChI is InChI=1S/C14H26O/c1-8-11(2)9-10-13(4,5)12(3)14(6,7)15/h8-9,12,15H,1,10H2,2-7H3/b11-9+. The Labute approximate surface area is 94.9 Å². The molecular formula is C14H26O. The summed E-state index contributed by atoms with van der Waals surface area (Å²) in [4.78, 5) is 0. The average Bonchev–Trinajstić information content (AvgIpc) is 2.11. The fourth-order valence-corrected chi connectivity index (χ4v) is 1.64. The van der Waals surface area contributed by atoms with Gasteiger partial charge >= 0.3 is 0 Å². The molecule has 0 amide bonds. The van der Waals surface area contributed by atoms with Crippen LogP contribution in [0.25, 0.3) is 0 Å². The summed E-state index contributed by atoms with van der Waals surface area (Å²) in [6, 6.07) is 0. The highest BCUT2D eigenvalue weighted by Crippen LogP contribution is 2.38. The van der Waals surface area contributed by atoms with E-state index in [1.54, 1.807) is 0 Å². The maximum absolute atomic E-state index is 10.0. The van der Waals surface area contributed by atoms with Gasteiger partial charge < -0.3 is 5.11 Å². The molecule has 0 bridgehead atoms. The Morgan fingerprint density at radius 3 is 2.13 bits per heavy atom. The van der Waals surface area contributed by atoms with Gasteiger partial charge in [-0.25, -0.2) is 0 Å². The summed E-state index contributed by atoms with van der Waals surface area (Å²) in [5.74, 6) is 0.249. The van der Waals surface area contributed by atoms with Crippen molar-refractivity contribution in [1.82, 2.24) is 0 Å². The fourth-order valence-electron chi connectivity index (χ4n) is 1.64. The van der Waals surface area contributed by atoms with Gasteiger partial charge in [-0.15, -0.1) is 0 Å². The van der Waals surface area contributed by atoms with E-state index >= 15 is 0 Å². The van der Waals surface area contributed by atoms with Gasteiger partial charge in [0.2, 0.25) is 0 Å². The van der Waals surface area contributed by atoms with Crippen molar-refractivity contribution in [3.63, 3.8) is 0 Å². The molecule has 0 heterocycles. The Balaban J connectivity index is 4.62. The largest absolute Gasteiger partial charge is 0.390 e. The number of hydrogen-bond donors (Lipinski definition) is 1. The van der Waals surface area contributed by atoms with Gasteiger partial charge in [-0.1, -0.05) is 45.1 Å². The maximum Gasteiger partial charge on any atom is 0.0622 e. The summed E-state index contributed by atoms with van der Waals surface area (Å²) >= 11 is 0. The van der Waals surface area contributed by atoms with Gasteiger partial charge in [0.05, 0.1) is 5.60 Å². The van der Waals surface area contributed by atoms with E-state index in [9.17, 15) is 5.11 Å². The molecule has 0 spiro atoms. The van der Waals surface area contributed by atoms with Crippen molar-refractivity contribution in [1.29, 1.82) is 0 Å². The predicted molar refractivity (Wildman–Crippen MR) is 67.8 cm³/mol. The van der Waals surface area contributed by atoms with Crippen LogP contribution in [-0.2, 0) is 0 Å². The molecule has 1 N–H and O–H groups in total. The number of hydrogen-bond acceptors (Lipinski definition) is 1. The van der Waals surface area contributed by atoms with E-state index in [-0.39, 0.29) is 11.3 Å². The molecule has 1 nitrogen and oxygen atoms in total. The van der Waals surface area contributed by atoms with Crippen molar-refractivity contribution in [2.75, 3.05) is 0 Å². The van der Waals surface area contributed by atoms with Crippen molar-refractivity contribution >= 4 is 0 Å². The van der Waals surface area contributed by atoms with Crippen molar-refractivity contribution < 1.29 is 5.11 Å². The van der Waals surface area contributed by atoms with E-state index in [4.69, 9.17) is 0 Å². The Hall–Kier alpha value is -0.560. The molecule has 0 aliphatic carbocycles. The molecule has 0 aliphatic heterocycles. The van der Waals surface area contributed by atoms with Gasteiger partial charge in [0.25, 0.3) is 0 Å². The molecule has 0 saturated carbocycles. The van der Waals surface area contributed by atoms with Crippen LogP contribution in [0.15, 0.2) is 24.3 Å². The molecule has 0 aromatic carbocycles. The Morgan fingerprint density at radius 2 is 1.80 bits per heavy atom. The summed E-state index contributed by atoms with van der Waals surface area (Å²) in [6.07, 6.45) is 5.02. The Morgan fingerprint density at radius 1 is 1.33 bits per heavy atom. The van der Waals surface area contributed by atoms with Crippen LogP contribution in [-0.4, -0.2) is 10.7 Å². The van der Waals surface area contributed by atoms with Crippen LogP contribution in [0.3, 0.4) is 0 Å². The third-order valence-corrected chi connectivity index (χ3v) is 3.50. The lowest BCUT2D eigenvalue weighted by Gasteiger charge is -2.39. The first-order valence-electron chi connectivity index (χ1n) is 5.63.